The molecule has 0 atom stereocenters. The number of rotatable bonds is 8. The van der Waals surface area contributed by atoms with E-state index in [1.807, 2.05) is 54.6 Å². The van der Waals surface area contributed by atoms with Gasteiger partial charge in [0.15, 0.2) is 0 Å². The second-order valence-electron chi connectivity index (χ2n) is 10.2. The summed E-state index contributed by atoms with van der Waals surface area (Å²) in [5, 5.41) is 20.9. The minimum atomic E-state index is -0.639. The monoisotopic (exact) mass is 858 g/mol. The largest absolute Gasteiger partial charge is 3.00 e. The molecule has 51 heavy (non-hydrogen) atoms. The summed E-state index contributed by atoms with van der Waals surface area (Å²) in [7, 11) is 0. The zero-order valence-electron chi connectivity index (χ0n) is 27.4. The van der Waals surface area contributed by atoms with E-state index in [9.17, 15) is 19.8 Å². The van der Waals surface area contributed by atoms with Gasteiger partial charge in [-0.15, -0.1) is 89.5 Å². The Kier molecular flexibility index (Phi) is 16.2. The molecule has 3 aromatic carbocycles. The average Bonchev–Trinajstić information content (AvgIpc) is 3.15. The Morgan fingerprint density at radius 3 is 1.57 bits per heavy atom. The van der Waals surface area contributed by atoms with Crippen molar-refractivity contribution in [1.82, 2.24) is 20.3 Å². The number of phenols is 2. The van der Waals surface area contributed by atoms with Crippen molar-refractivity contribution >= 4 is 12.1 Å². The van der Waals surface area contributed by atoms with Crippen LogP contribution in [0.1, 0.15) is 6.92 Å². The molecule has 3 N–H and O–H groups in total. The number of hydrogen-bond acceptors (Lipinski definition) is 9. The fraction of sp³-hybridized carbons (Fsp3) is 0.0750. The topological polar surface area (TPSA) is 144 Å². The molecule has 0 saturated heterocycles. The Morgan fingerprint density at radius 2 is 1.16 bits per heavy atom. The van der Waals surface area contributed by atoms with Crippen molar-refractivity contribution in [2.45, 2.75) is 6.92 Å². The van der Waals surface area contributed by atoms with Crippen LogP contribution in [0, 0.1) is 18.2 Å². The summed E-state index contributed by atoms with van der Waals surface area (Å²) in [5.41, 5.74) is 5.00. The molecule has 0 aliphatic carbocycles. The number of esters is 1. The van der Waals surface area contributed by atoms with Crippen LogP contribution in [0.25, 0.3) is 33.8 Å². The molecule has 0 unspecified atom stereocenters. The van der Waals surface area contributed by atoms with Gasteiger partial charge in [-0.1, -0.05) is 43.0 Å². The summed E-state index contributed by atoms with van der Waals surface area (Å²) in [5.74, 6) is 0.341. The second kappa shape index (κ2) is 21.0. The van der Waals surface area contributed by atoms with Crippen LogP contribution in [0.15, 0.2) is 140 Å². The minimum Gasteiger partial charge on any atom is -0.527 e. The molecule has 1 amide bonds. The van der Waals surface area contributed by atoms with E-state index in [2.05, 4.69) is 45.0 Å². The van der Waals surface area contributed by atoms with Crippen molar-refractivity contribution in [3.63, 3.8) is 0 Å². The summed E-state index contributed by atoms with van der Waals surface area (Å²) in [6, 6.07) is 40.6. The summed E-state index contributed by atoms with van der Waals surface area (Å²) < 4.78 is 10.0. The molecule has 3 heterocycles. The summed E-state index contributed by atoms with van der Waals surface area (Å²) in [6.07, 6.45) is 4.47. The molecule has 0 aliphatic heterocycles. The Labute approximate surface area is 309 Å². The number of benzene rings is 3. The SMILES string of the molecule is C=C(C)C(=O)OCCNC(=O)Oc1cc[c-]c(-c2ccccn2)c1.Oc1cc[c-]c(-c2ccccn2)c1.Oc1cc[c-]c(-c2ccccn2)c1.[Ir+3]. The van der Waals surface area contributed by atoms with Gasteiger partial charge in [0, 0.05) is 35.7 Å². The molecule has 0 spiro atoms. The smallest absolute Gasteiger partial charge is 0.527 e. The van der Waals surface area contributed by atoms with Gasteiger partial charge in [-0.05, 0) is 42.2 Å². The third-order valence-corrected chi connectivity index (χ3v) is 6.33. The quantitative estimate of drug-likeness (QED) is 0.0624. The molecule has 6 rings (SSSR count). The molecule has 0 aliphatic rings. The van der Waals surface area contributed by atoms with Crippen molar-refractivity contribution in [3.8, 4) is 51.0 Å². The van der Waals surface area contributed by atoms with Crippen LogP contribution >= 0.6 is 0 Å². The number of hydrogen-bond donors (Lipinski definition) is 3. The van der Waals surface area contributed by atoms with E-state index in [1.54, 1.807) is 80.1 Å². The first kappa shape index (κ1) is 39.3. The van der Waals surface area contributed by atoms with Crippen molar-refractivity contribution < 1.29 is 49.4 Å². The molecule has 258 valence electrons. The zero-order valence-corrected chi connectivity index (χ0v) is 29.8. The van der Waals surface area contributed by atoms with Crippen molar-refractivity contribution in [2.75, 3.05) is 13.2 Å². The van der Waals surface area contributed by atoms with Gasteiger partial charge in [0.05, 0.1) is 12.3 Å². The summed E-state index contributed by atoms with van der Waals surface area (Å²) in [6.45, 7) is 5.20. The third kappa shape index (κ3) is 13.7. The van der Waals surface area contributed by atoms with Crippen molar-refractivity contribution in [3.05, 3.63) is 158 Å². The Morgan fingerprint density at radius 1 is 0.706 bits per heavy atom. The van der Waals surface area contributed by atoms with Gasteiger partial charge < -0.3 is 40.0 Å². The average molecular weight is 858 g/mol. The van der Waals surface area contributed by atoms with Crippen LogP contribution in [0.2, 0.25) is 0 Å². The van der Waals surface area contributed by atoms with Crippen LogP contribution in [-0.4, -0.2) is 50.4 Å². The number of nitrogens with one attached hydrogen (secondary N) is 1. The van der Waals surface area contributed by atoms with E-state index < -0.39 is 12.1 Å². The third-order valence-electron chi connectivity index (χ3n) is 6.33. The molecular weight excluding hydrogens is 825 g/mol. The second-order valence-corrected chi connectivity index (χ2v) is 10.2. The van der Waals surface area contributed by atoms with Gasteiger partial charge in [-0.25, -0.2) is 9.59 Å². The maximum absolute atomic E-state index is 11.7. The van der Waals surface area contributed by atoms with Crippen molar-refractivity contribution in [2.24, 2.45) is 0 Å². The van der Waals surface area contributed by atoms with Crippen LogP contribution in [0.4, 0.5) is 4.79 Å². The number of phenolic OH excluding ortho intramolecular Hbond substituents is 2. The molecule has 0 saturated carbocycles. The van der Waals surface area contributed by atoms with Crippen LogP contribution in [0.3, 0.4) is 0 Å². The first-order valence-electron chi connectivity index (χ1n) is 15.2. The predicted octanol–water partition coefficient (Wildman–Crippen LogP) is 7.26. The first-order chi connectivity index (χ1) is 24.3. The number of ether oxygens (including phenoxy) is 2. The van der Waals surface area contributed by atoms with Crippen LogP contribution in [-0.2, 0) is 29.6 Å². The molecular formula is C40H33IrN4O6. The molecule has 6 aromatic rings. The number of aromatic hydroxyl groups is 2. The number of aromatic nitrogens is 3. The maximum atomic E-state index is 11.7. The standard InChI is InChI=1S/C18H17N2O4.2C11H8NO.Ir/c1-13(2)17(21)23-11-10-20-18(22)24-15-7-5-6-14(12-15)16-8-3-4-9-19-16;2*13-10-5-3-4-9(8-10)11-6-1-2-7-12-11;/h3-5,7-9,12H,1,10-11H2,2H3,(H,20,22);2*1-3,5-8,13H;/q3*-1;+3. The first-order valence-corrected chi connectivity index (χ1v) is 15.2. The normalized spacial score (nSPS) is 9.67. The summed E-state index contributed by atoms with van der Waals surface area (Å²) in [4.78, 5) is 35.4. The van der Waals surface area contributed by atoms with Gasteiger partial charge in [0.1, 0.15) is 6.61 Å². The number of carbonyl (C=O) groups excluding carboxylic acids is 2. The molecule has 10 nitrogen and oxygen atoms in total. The summed E-state index contributed by atoms with van der Waals surface area (Å²) >= 11 is 0. The van der Waals surface area contributed by atoms with Gasteiger partial charge in [0.2, 0.25) is 0 Å². The van der Waals surface area contributed by atoms with Crippen LogP contribution in [0.5, 0.6) is 17.2 Å². The van der Waals surface area contributed by atoms with Gasteiger partial charge >= 0.3 is 32.2 Å². The maximum Gasteiger partial charge on any atom is 3.00 e. The zero-order chi connectivity index (χ0) is 35.6. The number of pyridine rings is 3. The molecule has 0 radical (unpaired) electrons. The molecule has 0 fully saturated rings. The Bertz CT molecular complexity index is 1900. The predicted molar refractivity (Wildman–Crippen MR) is 189 cm³/mol. The number of nitrogens with zero attached hydrogens (tertiary/aromatic N) is 3. The Balaban J connectivity index is 0.000000220. The van der Waals surface area contributed by atoms with Crippen molar-refractivity contribution in [1.29, 1.82) is 0 Å². The fourth-order valence-electron chi connectivity index (χ4n) is 3.99. The van der Waals surface area contributed by atoms with E-state index in [4.69, 9.17) is 9.47 Å². The molecule has 11 heteroatoms. The van der Waals surface area contributed by atoms with Gasteiger partial charge in [-0.3, -0.25) is 0 Å². The molecule has 3 aromatic heterocycles. The molecule has 0 bridgehead atoms. The van der Waals surface area contributed by atoms with E-state index in [0.29, 0.717) is 11.3 Å². The van der Waals surface area contributed by atoms with E-state index in [1.165, 1.54) is 0 Å². The van der Waals surface area contributed by atoms with Gasteiger partial charge in [0.25, 0.3) is 0 Å². The Hall–Kier alpha value is -6.16. The van der Waals surface area contributed by atoms with Gasteiger partial charge in [-0.2, -0.15) is 0 Å². The fourth-order valence-corrected chi connectivity index (χ4v) is 3.99. The van der Waals surface area contributed by atoms with E-state index in [0.717, 1.165) is 33.8 Å². The van der Waals surface area contributed by atoms with E-state index >= 15 is 0 Å². The van der Waals surface area contributed by atoms with Crippen LogP contribution < -0.4 is 10.1 Å². The minimum absolute atomic E-state index is 0. The number of amides is 1. The number of carbonyl (C=O) groups is 2. The van der Waals surface area contributed by atoms with E-state index in [-0.39, 0.29) is 44.8 Å².